The lowest BCUT2D eigenvalue weighted by Crippen LogP contribution is -2.37. The van der Waals surface area contributed by atoms with E-state index < -0.39 is 0 Å². The molecule has 0 bridgehead atoms. The molecule has 0 amide bonds. The van der Waals surface area contributed by atoms with Crippen molar-refractivity contribution in [3.8, 4) is 0 Å². The monoisotopic (exact) mass is 247 g/mol. The van der Waals surface area contributed by atoms with Gasteiger partial charge < -0.3 is 10.6 Å². The summed E-state index contributed by atoms with van der Waals surface area (Å²) in [4.78, 5) is 6.92. The second-order valence-corrected chi connectivity index (χ2v) is 6.11. The number of piperidine rings is 1. The van der Waals surface area contributed by atoms with Crippen molar-refractivity contribution in [2.75, 3.05) is 18.0 Å². The fourth-order valence-electron chi connectivity index (χ4n) is 2.38. The Morgan fingerprint density at radius 1 is 1.33 bits per heavy atom. The minimum Gasteiger partial charge on any atom is -0.370 e. The summed E-state index contributed by atoms with van der Waals surface area (Å²) in [5.74, 6) is 0. The van der Waals surface area contributed by atoms with E-state index in [4.69, 9.17) is 5.73 Å². The number of nitrogens with zero attached hydrogens (tertiary/aromatic N) is 2. The van der Waals surface area contributed by atoms with Gasteiger partial charge in [0.25, 0.3) is 0 Å². The third kappa shape index (κ3) is 3.02. The van der Waals surface area contributed by atoms with E-state index in [-0.39, 0.29) is 6.04 Å². The van der Waals surface area contributed by atoms with Gasteiger partial charge in [-0.15, -0.1) is 0 Å². The second kappa shape index (κ2) is 5.27. The molecule has 3 heteroatoms. The highest BCUT2D eigenvalue weighted by molar-refractivity contribution is 5.45. The number of rotatable bonds is 3. The van der Waals surface area contributed by atoms with Crippen molar-refractivity contribution in [2.24, 2.45) is 11.1 Å². The molecule has 0 unspecified atom stereocenters. The van der Waals surface area contributed by atoms with Crippen molar-refractivity contribution < 1.29 is 0 Å². The van der Waals surface area contributed by atoms with Crippen LogP contribution in [0.2, 0.25) is 0 Å². The smallest absolute Gasteiger partial charge is 0.0572 e. The van der Waals surface area contributed by atoms with Crippen molar-refractivity contribution in [1.82, 2.24) is 4.98 Å². The average Bonchev–Trinajstić information content (AvgIpc) is 2.38. The Morgan fingerprint density at radius 2 is 2.00 bits per heavy atom. The Hall–Kier alpha value is -1.09. The summed E-state index contributed by atoms with van der Waals surface area (Å²) in [6.07, 6.45) is 5.42. The molecule has 100 valence electrons. The Morgan fingerprint density at radius 3 is 2.50 bits per heavy atom. The zero-order chi connectivity index (χ0) is 13.2. The predicted molar refractivity (Wildman–Crippen MR) is 76.7 cm³/mol. The highest BCUT2D eigenvalue weighted by Gasteiger charge is 2.25. The van der Waals surface area contributed by atoms with Gasteiger partial charge in [-0.05, 0) is 36.8 Å². The van der Waals surface area contributed by atoms with Crippen LogP contribution in [0.5, 0.6) is 0 Å². The third-order valence-electron chi connectivity index (χ3n) is 4.07. The van der Waals surface area contributed by atoms with Gasteiger partial charge in [0.05, 0.1) is 17.6 Å². The summed E-state index contributed by atoms with van der Waals surface area (Å²) < 4.78 is 0. The van der Waals surface area contributed by atoms with Crippen LogP contribution in [-0.4, -0.2) is 18.1 Å². The standard InChI is InChI=1S/C15H25N3/c1-4-13(16)14-6-5-12(11-17-14)18-9-7-15(2,3)8-10-18/h5-6,11,13H,4,7-10,16H2,1-3H3/t13-/m1/s1. The van der Waals surface area contributed by atoms with Gasteiger partial charge in [-0.3, -0.25) is 4.98 Å². The molecule has 0 radical (unpaired) electrons. The van der Waals surface area contributed by atoms with E-state index in [1.807, 2.05) is 6.20 Å². The number of aromatic nitrogens is 1. The van der Waals surface area contributed by atoms with Gasteiger partial charge in [-0.1, -0.05) is 20.8 Å². The summed E-state index contributed by atoms with van der Waals surface area (Å²) in [7, 11) is 0. The van der Waals surface area contributed by atoms with E-state index in [0.29, 0.717) is 5.41 Å². The minimum atomic E-state index is 0.0688. The summed E-state index contributed by atoms with van der Waals surface area (Å²) in [5, 5.41) is 0. The van der Waals surface area contributed by atoms with Crippen LogP contribution in [-0.2, 0) is 0 Å². The Labute approximate surface area is 110 Å². The third-order valence-corrected chi connectivity index (χ3v) is 4.07. The van der Waals surface area contributed by atoms with E-state index in [1.54, 1.807) is 0 Å². The fourth-order valence-corrected chi connectivity index (χ4v) is 2.38. The molecule has 3 nitrogen and oxygen atoms in total. The van der Waals surface area contributed by atoms with Crippen LogP contribution in [0.3, 0.4) is 0 Å². The molecular weight excluding hydrogens is 222 g/mol. The lowest BCUT2D eigenvalue weighted by Gasteiger charge is -2.38. The molecule has 2 N–H and O–H groups in total. The van der Waals surface area contributed by atoms with Crippen LogP contribution in [0.1, 0.15) is 51.8 Å². The fraction of sp³-hybridized carbons (Fsp3) is 0.667. The van der Waals surface area contributed by atoms with Gasteiger partial charge in [0, 0.05) is 19.1 Å². The molecule has 1 aromatic heterocycles. The molecule has 2 rings (SSSR count). The number of hydrogen-bond donors (Lipinski definition) is 1. The number of pyridine rings is 1. The molecule has 0 aliphatic carbocycles. The highest BCUT2D eigenvalue weighted by Crippen LogP contribution is 2.32. The first kappa shape index (κ1) is 13.3. The van der Waals surface area contributed by atoms with Crippen molar-refractivity contribution in [2.45, 2.75) is 46.1 Å². The maximum Gasteiger partial charge on any atom is 0.0572 e. The topological polar surface area (TPSA) is 42.1 Å². The van der Waals surface area contributed by atoms with Gasteiger partial charge in [-0.2, -0.15) is 0 Å². The maximum atomic E-state index is 5.98. The van der Waals surface area contributed by atoms with E-state index in [0.717, 1.165) is 25.2 Å². The van der Waals surface area contributed by atoms with Gasteiger partial charge >= 0.3 is 0 Å². The van der Waals surface area contributed by atoms with E-state index >= 15 is 0 Å². The molecular formula is C15H25N3. The van der Waals surface area contributed by atoms with E-state index in [9.17, 15) is 0 Å². The Bertz CT molecular complexity index is 373. The first-order valence-electron chi connectivity index (χ1n) is 6.98. The number of hydrogen-bond acceptors (Lipinski definition) is 3. The molecule has 0 spiro atoms. The zero-order valence-corrected chi connectivity index (χ0v) is 11.8. The van der Waals surface area contributed by atoms with Gasteiger partial charge in [0.2, 0.25) is 0 Å². The summed E-state index contributed by atoms with van der Waals surface area (Å²) in [6, 6.07) is 4.30. The van der Waals surface area contributed by atoms with Crippen molar-refractivity contribution >= 4 is 5.69 Å². The predicted octanol–water partition coefficient (Wildman–Crippen LogP) is 3.12. The first-order chi connectivity index (χ1) is 8.52. The largest absolute Gasteiger partial charge is 0.370 e. The summed E-state index contributed by atoms with van der Waals surface area (Å²) in [6.45, 7) is 9.06. The quantitative estimate of drug-likeness (QED) is 0.892. The highest BCUT2D eigenvalue weighted by atomic mass is 15.1. The second-order valence-electron chi connectivity index (χ2n) is 6.11. The lowest BCUT2D eigenvalue weighted by atomic mass is 9.82. The SMILES string of the molecule is CC[C@@H](N)c1ccc(N2CCC(C)(C)CC2)cn1. The molecule has 1 fully saturated rings. The van der Waals surface area contributed by atoms with Crippen LogP contribution in [0.15, 0.2) is 18.3 Å². The van der Waals surface area contributed by atoms with Crippen molar-refractivity contribution in [1.29, 1.82) is 0 Å². The average molecular weight is 247 g/mol. The van der Waals surface area contributed by atoms with E-state index in [2.05, 4.69) is 42.8 Å². The van der Waals surface area contributed by atoms with Gasteiger partial charge in [0.1, 0.15) is 0 Å². The van der Waals surface area contributed by atoms with Gasteiger partial charge in [-0.25, -0.2) is 0 Å². The molecule has 0 saturated carbocycles. The van der Waals surface area contributed by atoms with Crippen LogP contribution >= 0.6 is 0 Å². The Balaban J connectivity index is 2.02. The maximum absolute atomic E-state index is 5.98. The molecule has 0 aromatic carbocycles. The summed E-state index contributed by atoms with van der Waals surface area (Å²) >= 11 is 0. The molecule has 1 aromatic rings. The molecule has 1 saturated heterocycles. The Kier molecular flexibility index (Phi) is 3.91. The van der Waals surface area contributed by atoms with E-state index in [1.165, 1.54) is 18.5 Å². The molecule has 18 heavy (non-hydrogen) atoms. The van der Waals surface area contributed by atoms with Crippen LogP contribution in [0.25, 0.3) is 0 Å². The van der Waals surface area contributed by atoms with Crippen LogP contribution in [0.4, 0.5) is 5.69 Å². The van der Waals surface area contributed by atoms with Gasteiger partial charge in [0.15, 0.2) is 0 Å². The number of anilines is 1. The molecule has 1 atom stereocenters. The van der Waals surface area contributed by atoms with Crippen molar-refractivity contribution in [3.05, 3.63) is 24.0 Å². The van der Waals surface area contributed by atoms with Crippen LogP contribution < -0.4 is 10.6 Å². The summed E-state index contributed by atoms with van der Waals surface area (Å²) in [5.41, 5.74) is 8.71. The molecule has 1 aliphatic rings. The normalized spacial score (nSPS) is 20.8. The zero-order valence-electron chi connectivity index (χ0n) is 11.8. The lowest BCUT2D eigenvalue weighted by molar-refractivity contribution is 0.280. The molecule has 2 heterocycles. The molecule has 1 aliphatic heterocycles. The van der Waals surface area contributed by atoms with Crippen LogP contribution in [0, 0.1) is 5.41 Å². The minimum absolute atomic E-state index is 0.0688. The number of nitrogens with two attached hydrogens (primary N) is 1. The van der Waals surface area contributed by atoms with Crippen molar-refractivity contribution in [3.63, 3.8) is 0 Å². The first-order valence-corrected chi connectivity index (χ1v) is 6.98.